The predicted octanol–water partition coefficient (Wildman–Crippen LogP) is 2.80. The van der Waals surface area contributed by atoms with Crippen molar-refractivity contribution < 1.29 is 13.5 Å². The third-order valence-corrected chi connectivity index (χ3v) is 3.02. The highest BCUT2D eigenvalue weighted by atomic mass is 19.3. The first-order valence-electron chi connectivity index (χ1n) is 5.98. The van der Waals surface area contributed by atoms with E-state index in [-0.39, 0.29) is 0 Å². The van der Waals surface area contributed by atoms with Crippen molar-refractivity contribution in [2.24, 2.45) is 0 Å². The molecule has 0 radical (unpaired) electrons. The quantitative estimate of drug-likeness (QED) is 0.875. The van der Waals surface area contributed by atoms with E-state index in [1.807, 2.05) is 18.2 Å². The number of hydrogen-bond acceptors (Lipinski definition) is 2. The van der Waals surface area contributed by atoms with Gasteiger partial charge in [-0.05, 0) is 31.0 Å². The smallest absolute Gasteiger partial charge is 0.272 e. The number of hydrogen-bond donors (Lipinski definition) is 1. The maximum Gasteiger partial charge on any atom is 0.272 e. The molecule has 0 saturated carbocycles. The largest absolute Gasteiger partial charge is 0.487 e. The van der Waals surface area contributed by atoms with Gasteiger partial charge in [-0.2, -0.15) is 0 Å². The Labute approximate surface area is 100.0 Å². The van der Waals surface area contributed by atoms with E-state index in [1.54, 1.807) is 6.07 Å². The molecule has 94 valence electrons. The summed E-state index contributed by atoms with van der Waals surface area (Å²) in [7, 11) is 0. The molecule has 0 spiro atoms. The highest BCUT2D eigenvalue weighted by molar-refractivity contribution is 5.36. The van der Waals surface area contributed by atoms with Crippen LogP contribution in [0.3, 0.4) is 0 Å². The monoisotopic (exact) mass is 241 g/mol. The Bertz CT molecular complexity index is 351. The lowest BCUT2D eigenvalue weighted by Gasteiger charge is -2.25. The summed E-state index contributed by atoms with van der Waals surface area (Å²) >= 11 is 0. The average molecular weight is 241 g/mol. The number of alkyl halides is 2. The van der Waals surface area contributed by atoms with Gasteiger partial charge in [-0.25, -0.2) is 8.78 Å². The van der Waals surface area contributed by atoms with Gasteiger partial charge >= 0.3 is 0 Å². The van der Waals surface area contributed by atoms with Crippen molar-refractivity contribution in [3.8, 4) is 5.75 Å². The van der Waals surface area contributed by atoms with Gasteiger partial charge in [0.1, 0.15) is 12.4 Å². The molecule has 1 heterocycles. The van der Waals surface area contributed by atoms with Crippen molar-refractivity contribution in [3.05, 3.63) is 29.8 Å². The number of para-hydroxylation sites is 1. The first-order valence-corrected chi connectivity index (χ1v) is 5.98. The van der Waals surface area contributed by atoms with Crippen LogP contribution in [0.1, 0.15) is 24.3 Å². The zero-order valence-corrected chi connectivity index (χ0v) is 9.66. The molecule has 0 amide bonds. The first kappa shape index (κ1) is 12.3. The molecule has 1 aliphatic heterocycles. The predicted molar refractivity (Wildman–Crippen MR) is 62.8 cm³/mol. The lowest BCUT2D eigenvalue weighted by molar-refractivity contribution is 0.0811. The van der Waals surface area contributed by atoms with Crippen LogP contribution in [-0.2, 0) is 0 Å². The summed E-state index contributed by atoms with van der Waals surface area (Å²) in [5.41, 5.74) is 1.04. The van der Waals surface area contributed by atoms with Gasteiger partial charge in [0.15, 0.2) is 0 Å². The van der Waals surface area contributed by atoms with Gasteiger partial charge in [0.2, 0.25) is 0 Å². The molecule has 1 aliphatic rings. The molecule has 4 heteroatoms. The van der Waals surface area contributed by atoms with E-state index in [2.05, 4.69) is 5.32 Å². The van der Waals surface area contributed by atoms with Crippen LogP contribution < -0.4 is 10.1 Å². The lowest BCUT2D eigenvalue weighted by atomic mass is 9.91. The number of rotatable bonds is 4. The molecule has 1 unspecified atom stereocenters. The maximum absolute atomic E-state index is 12.2. The van der Waals surface area contributed by atoms with Crippen molar-refractivity contribution in [1.29, 1.82) is 0 Å². The number of ether oxygens (including phenoxy) is 1. The van der Waals surface area contributed by atoms with Gasteiger partial charge in [0, 0.05) is 12.5 Å². The van der Waals surface area contributed by atoms with Crippen LogP contribution in [0.25, 0.3) is 0 Å². The molecular formula is C13H17F2NO. The van der Waals surface area contributed by atoms with Crippen LogP contribution in [0, 0.1) is 0 Å². The Kier molecular flexibility index (Phi) is 4.31. The molecule has 1 atom stereocenters. The number of halogens is 2. The van der Waals surface area contributed by atoms with Crippen LogP contribution in [0.5, 0.6) is 5.75 Å². The molecular weight excluding hydrogens is 224 g/mol. The molecule has 2 rings (SSSR count). The SMILES string of the molecule is FC(F)COc1ccccc1C1CCCNC1. The minimum atomic E-state index is -2.42. The fraction of sp³-hybridized carbons (Fsp3) is 0.538. The molecule has 0 aromatic heterocycles. The average Bonchev–Trinajstić information content (AvgIpc) is 2.38. The number of benzene rings is 1. The molecule has 1 aromatic rings. The van der Waals surface area contributed by atoms with E-state index < -0.39 is 13.0 Å². The van der Waals surface area contributed by atoms with Gasteiger partial charge in [-0.15, -0.1) is 0 Å². The molecule has 1 aromatic carbocycles. The lowest BCUT2D eigenvalue weighted by Crippen LogP contribution is -2.28. The van der Waals surface area contributed by atoms with Crippen LogP contribution in [0.15, 0.2) is 24.3 Å². The molecule has 1 N–H and O–H groups in total. The summed E-state index contributed by atoms with van der Waals surface area (Å²) in [4.78, 5) is 0. The Morgan fingerprint density at radius 2 is 2.18 bits per heavy atom. The number of nitrogens with one attached hydrogen (secondary N) is 1. The Balaban J connectivity index is 2.09. The van der Waals surface area contributed by atoms with Gasteiger partial charge in [0.25, 0.3) is 6.43 Å². The summed E-state index contributed by atoms with van der Waals surface area (Å²) in [6.07, 6.45) is -0.219. The van der Waals surface area contributed by atoms with Crippen LogP contribution in [0.2, 0.25) is 0 Å². The molecule has 1 saturated heterocycles. The van der Waals surface area contributed by atoms with Crippen molar-refractivity contribution >= 4 is 0 Å². The Morgan fingerprint density at radius 3 is 2.88 bits per heavy atom. The second kappa shape index (κ2) is 5.96. The van der Waals surface area contributed by atoms with Gasteiger partial charge in [0.05, 0.1) is 0 Å². The van der Waals surface area contributed by atoms with Gasteiger partial charge in [-0.3, -0.25) is 0 Å². The standard InChI is InChI=1S/C13H17F2NO/c14-13(15)9-17-12-6-2-1-5-11(12)10-4-3-7-16-8-10/h1-2,5-6,10,13,16H,3-4,7-9H2. The minimum Gasteiger partial charge on any atom is -0.487 e. The zero-order valence-electron chi connectivity index (χ0n) is 9.66. The topological polar surface area (TPSA) is 21.3 Å². The fourth-order valence-corrected chi connectivity index (χ4v) is 2.22. The Morgan fingerprint density at radius 1 is 1.35 bits per heavy atom. The van der Waals surface area contributed by atoms with E-state index in [0.29, 0.717) is 11.7 Å². The van der Waals surface area contributed by atoms with E-state index in [4.69, 9.17) is 4.74 Å². The van der Waals surface area contributed by atoms with Crippen molar-refractivity contribution in [2.75, 3.05) is 19.7 Å². The maximum atomic E-state index is 12.2. The van der Waals surface area contributed by atoms with Gasteiger partial charge in [-0.1, -0.05) is 18.2 Å². The second-order valence-corrected chi connectivity index (χ2v) is 4.28. The minimum absolute atomic E-state index is 0.373. The Hall–Kier alpha value is -1.16. The highest BCUT2D eigenvalue weighted by Crippen LogP contribution is 2.31. The highest BCUT2D eigenvalue weighted by Gasteiger charge is 2.19. The van der Waals surface area contributed by atoms with Gasteiger partial charge < -0.3 is 10.1 Å². The molecule has 2 nitrogen and oxygen atoms in total. The van der Waals surface area contributed by atoms with Crippen molar-refractivity contribution in [1.82, 2.24) is 5.32 Å². The molecule has 17 heavy (non-hydrogen) atoms. The zero-order chi connectivity index (χ0) is 12.1. The van der Waals surface area contributed by atoms with Crippen LogP contribution >= 0.6 is 0 Å². The van der Waals surface area contributed by atoms with E-state index in [0.717, 1.165) is 31.5 Å². The van der Waals surface area contributed by atoms with E-state index in [1.165, 1.54) is 0 Å². The first-order chi connectivity index (χ1) is 8.27. The van der Waals surface area contributed by atoms with Crippen LogP contribution in [-0.4, -0.2) is 26.1 Å². The summed E-state index contributed by atoms with van der Waals surface area (Å²) in [5, 5.41) is 3.32. The summed E-state index contributed by atoms with van der Waals surface area (Å²) in [6, 6.07) is 7.49. The van der Waals surface area contributed by atoms with Crippen LogP contribution in [0.4, 0.5) is 8.78 Å². The summed E-state index contributed by atoms with van der Waals surface area (Å²) in [5.74, 6) is 0.971. The molecule has 0 aliphatic carbocycles. The molecule has 0 bridgehead atoms. The summed E-state index contributed by atoms with van der Waals surface area (Å²) in [6.45, 7) is 1.41. The third kappa shape index (κ3) is 3.40. The van der Waals surface area contributed by atoms with Crippen molar-refractivity contribution in [3.63, 3.8) is 0 Å². The molecule has 1 fully saturated rings. The number of piperidine rings is 1. The summed E-state index contributed by atoms with van der Waals surface area (Å²) < 4.78 is 29.5. The second-order valence-electron chi connectivity index (χ2n) is 4.28. The fourth-order valence-electron chi connectivity index (χ4n) is 2.22. The van der Waals surface area contributed by atoms with Crippen molar-refractivity contribution in [2.45, 2.75) is 25.2 Å². The van der Waals surface area contributed by atoms with E-state index >= 15 is 0 Å². The van der Waals surface area contributed by atoms with E-state index in [9.17, 15) is 8.78 Å². The normalized spacial score (nSPS) is 20.5. The third-order valence-electron chi connectivity index (χ3n) is 3.02.